The number of hydrogen-bond donors (Lipinski definition) is 1. The molecular formula is C18H29ClN2. The molecule has 0 heterocycles. The van der Waals surface area contributed by atoms with E-state index in [1.165, 1.54) is 36.9 Å². The first-order valence-electron chi connectivity index (χ1n) is 8.21. The Labute approximate surface area is 134 Å². The summed E-state index contributed by atoms with van der Waals surface area (Å²) < 4.78 is 0. The van der Waals surface area contributed by atoms with Crippen molar-refractivity contribution < 1.29 is 0 Å². The average Bonchev–Trinajstić information content (AvgIpc) is 2.92. The van der Waals surface area contributed by atoms with Crippen molar-refractivity contribution in [2.75, 3.05) is 11.4 Å². The van der Waals surface area contributed by atoms with E-state index in [2.05, 4.69) is 50.0 Å². The number of anilines is 1. The maximum atomic E-state index is 6.23. The van der Waals surface area contributed by atoms with E-state index in [1.807, 2.05) is 6.07 Å². The van der Waals surface area contributed by atoms with Crippen LogP contribution < -0.4 is 10.2 Å². The molecule has 21 heavy (non-hydrogen) atoms. The molecule has 0 radical (unpaired) electrons. The Morgan fingerprint density at radius 1 is 1.24 bits per heavy atom. The number of nitrogens with zero attached hydrogens (tertiary/aromatic N) is 1. The molecule has 0 bridgehead atoms. The van der Waals surface area contributed by atoms with Gasteiger partial charge in [0.2, 0.25) is 0 Å². The van der Waals surface area contributed by atoms with Crippen LogP contribution in [-0.4, -0.2) is 18.1 Å². The summed E-state index contributed by atoms with van der Waals surface area (Å²) in [6, 6.07) is 7.04. The molecule has 1 aromatic carbocycles. The number of hydrogen-bond acceptors (Lipinski definition) is 2. The molecule has 0 unspecified atom stereocenters. The lowest BCUT2D eigenvalue weighted by Crippen LogP contribution is -2.37. The van der Waals surface area contributed by atoms with E-state index in [1.54, 1.807) is 0 Å². The summed E-state index contributed by atoms with van der Waals surface area (Å²) in [5.41, 5.74) is 2.78. The molecule has 118 valence electrons. The molecule has 0 aromatic heterocycles. The number of rotatable bonds is 5. The molecule has 0 aliphatic heterocycles. The molecule has 1 saturated carbocycles. The van der Waals surface area contributed by atoms with Crippen LogP contribution in [0.2, 0.25) is 5.02 Å². The lowest BCUT2D eigenvalue weighted by Gasteiger charge is -2.32. The zero-order valence-electron chi connectivity index (χ0n) is 13.9. The van der Waals surface area contributed by atoms with Gasteiger partial charge in [0.1, 0.15) is 0 Å². The molecular weight excluding hydrogens is 280 g/mol. The normalized spacial score (nSPS) is 16.4. The van der Waals surface area contributed by atoms with E-state index < -0.39 is 0 Å². The van der Waals surface area contributed by atoms with Gasteiger partial charge in [0.25, 0.3) is 0 Å². The Morgan fingerprint density at radius 2 is 1.90 bits per heavy atom. The molecule has 0 saturated heterocycles. The molecule has 2 rings (SSSR count). The van der Waals surface area contributed by atoms with Gasteiger partial charge in [-0.15, -0.1) is 0 Å². The second kappa shape index (κ2) is 7.02. The van der Waals surface area contributed by atoms with Gasteiger partial charge in [-0.3, -0.25) is 0 Å². The highest BCUT2D eigenvalue weighted by Crippen LogP contribution is 2.32. The molecule has 1 N–H and O–H groups in total. The van der Waals surface area contributed by atoms with Crippen molar-refractivity contribution in [2.24, 2.45) is 0 Å². The highest BCUT2D eigenvalue weighted by Gasteiger charge is 2.23. The van der Waals surface area contributed by atoms with E-state index in [0.717, 1.165) is 18.1 Å². The van der Waals surface area contributed by atoms with Crippen molar-refractivity contribution in [1.82, 2.24) is 5.32 Å². The molecule has 0 atom stereocenters. The fourth-order valence-electron chi connectivity index (χ4n) is 3.18. The first kappa shape index (κ1) is 16.6. The maximum Gasteiger partial charge on any atom is 0.0415 e. The monoisotopic (exact) mass is 308 g/mol. The van der Waals surface area contributed by atoms with Gasteiger partial charge in [-0.05, 0) is 64.3 Å². The molecule has 1 fully saturated rings. The van der Waals surface area contributed by atoms with Crippen LogP contribution in [0, 0.1) is 0 Å². The topological polar surface area (TPSA) is 15.3 Å². The van der Waals surface area contributed by atoms with Crippen molar-refractivity contribution in [3.8, 4) is 0 Å². The van der Waals surface area contributed by atoms with Crippen molar-refractivity contribution in [2.45, 2.75) is 71.5 Å². The summed E-state index contributed by atoms with van der Waals surface area (Å²) in [5.74, 6) is 0. The third-order valence-electron chi connectivity index (χ3n) is 4.27. The van der Waals surface area contributed by atoms with Gasteiger partial charge in [-0.2, -0.15) is 0 Å². The SMILES string of the molecule is CCN(c1ccc(Cl)cc1CNC(C)(C)C)C1CCCC1. The van der Waals surface area contributed by atoms with Gasteiger partial charge in [-0.25, -0.2) is 0 Å². The van der Waals surface area contributed by atoms with Crippen LogP contribution in [0.1, 0.15) is 58.9 Å². The van der Waals surface area contributed by atoms with Gasteiger partial charge in [0.05, 0.1) is 0 Å². The average molecular weight is 309 g/mol. The van der Waals surface area contributed by atoms with Gasteiger partial charge in [0.15, 0.2) is 0 Å². The molecule has 3 heteroatoms. The molecule has 1 aromatic rings. The van der Waals surface area contributed by atoms with Gasteiger partial charge in [-0.1, -0.05) is 24.4 Å². The first-order chi connectivity index (χ1) is 9.90. The molecule has 1 aliphatic carbocycles. The highest BCUT2D eigenvalue weighted by atomic mass is 35.5. The quantitative estimate of drug-likeness (QED) is 0.823. The molecule has 0 spiro atoms. The smallest absolute Gasteiger partial charge is 0.0415 e. The minimum absolute atomic E-state index is 0.115. The fraction of sp³-hybridized carbons (Fsp3) is 0.667. The van der Waals surface area contributed by atoms with Crippen LogP contribution in [-0.2, 0) is 6.54 Å². The number of halogens is 1. The zero-order valence-corrected chi connectivity index (χ0v) is 14.6. The Kier molecular flexibility index (Phi) is 5.56. The lowest BCUT2D eigenvalue weighted by molar-refractivity contribution is 0.424. The highest BCUT2D eigenvalue weighted by molar-refractivity contribution is 6.30. The van der Waals surface area contributed by atoms with Crippen LogP contribution in [0.5, 0.6) is 0 Å². The van der Waals surface area contributed by atoms with Crippen LogP contribution >= 0.6 is 11.6 Å². The van der Waals surface area contributed by atoms with Crippen molar-refractivity contribution >= 4 is 17.3 Å². The maximum absolute atomic E-state index is 6.23. The largest absolute Gasteiger partial charge is 0.369 e. The molecule has 1 aliphatic rings. The Bertz CT molecular complexity index is 459. The standard InChI is InChI=1S/C18H29ClN2/c1-5-21(16-8-6-7-9-16)17-11-10-15(19)12-14(17)13-20-18(2,3)4/h10-12,16,20H,5-9,13H2,1-4H3. The second-order valence-corrected chi connectivity index (χ2v) is 7.54. The second-order valence-electron chi connectivity index (χ2n) is 7.10. The predicted molar refractivity (Wildman–Crippen MR) is 93.3 cm³/mol. The minimum Gasteiger partial charge on any atom is -0.369 e. The number of nitrogens with one attached hydrogen (secondary N) is 1. The third-order valence-corrected chi connectivity index (χ3v) is 4.50. The van der Waals surface area contributed by atoms with E-state index in [0.29, 0.717) is 6.04 Å². The summed E-state index contributed by atoms with van der Waals surface area (Å²) >= 11 is 6.23. The number of benzene rings is 1. The molecule has 0 amide bonds. The minimum atomic E-state index is 0.115. The van der Waals surface area contributed by atoms with E-state index in [4.69, 9.17) is 11.6 Å². The summed E-state index contributed by atoms with van der Waals surface area (Å²) in [5, 5.41) is 4.42. The third kappa shape index (κ3) is 4.62. The summed E-state index contributed by atoms with van der Waals surface area (Å²) in [6.07, 6.45) is 5.37. The van der Waals surface area contributed by atoms with Crippen LogP contribution in [0.4, 0.5) is 5.69 Å². The van der Waals surface area contributed by atoms with E-state index in [-0.39, 0.29) is 5.54 Å². The predicted octanol–water partition coefficient (Wildman–Crippen LogP) is 5.00. The Balaban J connectivity index is 2.23. The van der Waals surface area contributed by atoms with Gasteiger partial charge >= 0.3 is 0 Å². The lowest BCUT2D eigenvalue weighted by atomic mass is 10.1. The van der Waals surface area contributed by atoms with Gasteiger partial charge < -0.3 is 10.2 Å². The van der Waals surface area contributed by atoms with Gasteiger partial charge in [0, 0.05) is 35.4 Å². The van der Waals surface area contributed by atoms with Crippen molar-refractivity contribution in [3.05, 3.63) is 28.8 Å². The van der Waals surface area contributed by atoms with Crippen LogP contribution in [0.25, 0.3) is 0 Å². The summed E-state index contributed by atoms with van der Waals surface area (Å²) in [4.78, 5) is 2.57. The van der Waals surface area contributed by atoms with Crippen molar-refractivity contribution in [1.29, 1.82) is 0 Å². The Hall–Kier alpha value is -0.730. The summed E-state index contributed by atoms with van der Waals surface area (Å²) in [6.45, 7) is 10.8. The van der Waals surface area contributed by atoms with E-state index >= 15 is 0 Å². The molecule has 2 nitrogen and oxygen atoms in total. The summed E-state index contributed by atoms with van der Waals surface area (Å²) in [7, 11) is 0. The first-order valence-corrected chi connectivity index (χ1v) is 8.58. The Morgan fingerprint density at radius 3 is 2.48 bits per heavy atom. The zero-order chi connectivity index (χ0) is 15.5. The van der Waals surface area contributed by atoms with Crippen molar-refractivity contribution in [3.63, 3.8) is 0 Å². The van der Waals surface area contributed by atoms with Crippen LogP contribution in [0.3, 0.4) is 0 Å². The van der Waals surface area contributed by atoms with E-state index in [9.17, 15) is 0 Å². The fourth-order valence-corrected chi connectivity index (χ4v) is 3.37. The van der Waals surface area contributed by atoms with Crippen LogP contribution in [0.15, 0.2) is 18.2 Å².